The molecular weight excluding hydrogens is 410 g/mol. The number of aliphatic imine (C=N–C) groups is 1. The Bertz CT molecular complexity index is 1200. The molecule has 0 bridgehead atoms. The number of oxazole rings is 1. The number of guanidine groups is 1. The van der Waals surface area contributed by atoms with Gasteiger partial charge < -0.3 is 4.42 Å². The molecule has 3 aromatic heterocycles. The van der Waals surface area contributed by atoms with Crippen LogP contribution in [0.2, 0.25) is 5.02 Å². The molecule has 0 aliphatic carbocycles. The summed E-state index contributed by atoms with van der Waals surface area (Å²) in [5.41, 5.74) is 4.68. The number of anilines is 2. The fraction of sp³-hybridized carbons (Fsp3) is 0.105. The zero-order chi connectivity index (χ0) is 19.8. The monoisotopic (exact) mass is 423 g/mol. The minimum Gasteiger partial charge on any atom is -0.423 e. The van der Waals surface area contributed by atoms with Gasteiger partial charge in [0.15, 0.2) is 5.58 Å². The van der Waals surface area contributed by atoms with E-state index in [1.807, 2.05) is 42.2 Å². The molecule has 29 heavy (non-hydrogen) atoms. The van der Waals surface area contributed by atoms with Crippen LogP contribution in [0.15, 0.2) is 69.3 Å². The Hall–Kier alpha value is -3.30. The molecule has 4 aromatic rings. The second kappa shape index (κ2) is 7.26. The molecule has 0 radical (unpaired) electrons. The Morgan fingerprint density at radius 2 is 2.10 bits per heavy atom. The van der Waals surface area contributed by atoms with Crippen molar-refractivity contribution in [3.63, 3.8) is 0 Å². The Kier molecular flexibility index (Phi) is 4.45. The van der Waals surface area contributed by atoms with E-state index in [1.165, 1.54) is 11.3 Å². The smallest absolute Gasteiger partial charge is 0.302 e. The third kappa shape index (κ3) is 3.34. The quantitative estimate of drug-likeness (QED) is 0.512. The average Bonchev–Trinajstić information content (AvgIpc) is 3.37. The largest absolute Gasteiger partial charge is 0.423 e. The van der Waals surface area contributed by atoms with Crippen LogP contribution < -0.4 is 10.2 Å². The van der Waals surface area contributed by atoms with E-state index in [-0.39, 0.29) is 6.04 Å². The van der Waals surface area contributed by atoms with Gasteiger partial charge in [0.2, 0.25) is 11.1 Å². The third-order valence-electron chi connectivity index (χ3n) is 4.34. The molecule has 1 atom stereocenters. The van der Waals surface area contributed by atoms with Gasteiger partial charge >= 0.3 is 6.01 Å². The van der Waals surface area contributed by atoms with Gasteiger partial charge in [-0.05, 0) is 37.3 Å². The predicted molar refractivity (Wildman–Crippen MR) is 113 cm³/mol. The number of nitrogens with one attached hydrogen (secondary N) is 1. The van der Waals surface area contributed by atoms with Gasteiger partial charge in [0.05, 0.1) is 10.7 Å². The zero-order valence-corrected chi connectivity index (χ0v) is 16.7. The molecule has 0 saturated carbocycles. The summed E-state index contributed by atoms with van der Waals surface area (Å²) in [6.07, 6.45) is 3.68. The normalized spacial score (nSPS) is 16.6. The fourth-order valence-electron chi connectivity index (χ4n) is 3.07. The first-order chi connectivity index (χ1) is 14.2. The highest BCUT2D eigenvalue weighted by Crippen LogP contribution is 2.33. The summed E-state index contributed by atoms with van der Waals surface area (Å²) >= 11 is 7.76. The molecule has 4 heterocycles. The van der Waals surface area contributed by atoms with E-state index >= 15 is 0 Å². The van der Waals surface area contributed by atoms with E-state index < -0.39 is 0 Å². The van der Waals surface area contributed by atoms with E-state index in [2.05, 4.69) is 25.5 Å². The molecule has 0 spiro atoms. The maximum Gasteiger partial charge on any atom is 0.302 e. The number of para-hydroxylation sites is 2. The molecule has 5 rings (SSSR count). The van der Waals surface area contributed by atoms with Gasteiger partial charge in [0.25, 0.3) is 0 Å². The maximum absolute atomic E-state index is 6.36. The van der Waals surface area contributed by atoms with Crippen LogP contribution in [-0.4, -0.2) is 26.1 Å². The highest BCUT2D eigenvalue weighted by Gasteiger charge is 2.28. The summed E-state index contributed by atoms with van der Waals surface area (Å²) in [4.78, 5) is 15.6. The lowest BCUT2D eigenvalue weighted by atomic mass is 10.1. The number of aromatic nitrogens is 4. The van der Waals surface area contributed by atoms with Crippen molar-refractivity contribution in [2.45, 2.75) is 13.0 Å². The van der Waals surface area contributed by atoms with Crippen molar-refractivity contribution in [1.82, 2.24) is 20.2 Å². The van der Waals surface area contributed by atoms with E-state index in [0.29, 0.717) is 33.4 Å². The summed E-state index contributed by atoms with van der Waals surface area (Å²) < 4.78 is 5.81. The summed E-state index contributed by atoms with van der Waals surface area (Å²) in [7, 11) is 0. The van der Waals surface area contributed by atoms with Crippen molar-refractivity contribution in [3.8, 4) is 0 Å². The molecule has 8 nitrogen and oxygen atoms in total. The lowest BCUT2D eigenvalue weighted by Crippen LogP contribution is -2.38. The summed E-state index contributed by atoms with van der Waals surface area (Å²) in [5, 5.41) is 12.5. The van der Waals surface area contributed by atoms with Gasteiger partial charge in [-0.25, -0.2) is 4.99 Å². The predicted octanol–water partition coefficient (Wildman–Crippen LogP) is 4.66. The van der Waals surface area contributed by atoms with Crippen LogP contribution in [0.1, 0.15) is 18.7 Å². The summed E-state index contributed by atoms with van der Waals surface area (Å²) in [5.74, 6) is 0.500. The van der Waals surface area contributed by atoms with Crippen molar-refractivity contribution in [1.29, 1.82) is 0 Å². The molecule has 1 aliphatic heterocycles. The number of benzene rings is 1. The van der Waals surface area contributed by atoms with Gasteiger partial charge in [-0.2, -0.15) is 4.98 Å². The highest BCUT2D eigenvalue weighted by molar-refractivity contribution is 7.13. The number of pyridine rings is 1. The minimum absolute atomic E-state index is 0.333. The van der Waals surface area contributed by atoms with E-state index in [9.17, 15) is 0 Å². The number of nitrogens with zero attached hydrogens (tertiary/aromatic N) is 6. The summed E-state index contributed by atoms with van der Waals surface area (Å²) in [6.45, 7) is 1.97. The molecule has 0 saturated heterocycles. The Morgan fingerprint density at radius 1 is 1.21 bits per heavy atom. The molecule has 10 heteroatoms. The van der Waals surface area contributed by atoms with E-state index in [4.69, 9.17) is 21.0 Å². The van der Waals surface area contributed by atoms with Crippen molar-refractivity contribution < 1.29 is 4.42 Å². The molecule has 144 valence electrons. The summed E-state index contributed by atoms with van der Waals surface area (Å²) in [6, 6.07) is 11.1. The Balaban J connectivity index is 1.57. The van der Waals surface area contributed by atoms with Crippen LogP contribution >= 0.6 is 22.9 Å². The van der Waals surface area contributed by atoms with E-state index in [1.54, 1.807) is 23.8 Å². The van der Waals surface area contributed by atoms with Crippen molar-refractivity contribution in [3.05, 3.63) is 70.6 Å². The highest BCUT2D eigenvalue weighted by atomic mass is 35.5. The SMILES string of the molecule is CC1=CC(c2ncccc2Cl)N=C(Nc2nc3ccccc3o2)N1c1nncs1. The molecule has 1 N–H and O–H groups in total. The maximum atomic E-state index is 6.36. The second-order valence-electron chi connectivity index (χ2n) is 6.24. The first kappa shape index (κ1) is 17.8. The lowest BCUT2D eigenvalue weighted by molar-refractivity contribution is 0.623. The first-order valence-corrected chi connectivity index (χ1v) is 10.0. The average molecular weight is 424 g/mol. The molecule has 0 amide bonds. The van der Waals surface area contributed by atoms with Crippen LogP contribution in [-0.2, 0) is 0 Å². The van der Waals surface area contributed by atoms with Crippen LogP contribution in [0.4, 0.5) is 11.1 Å². The first-order valence-electron chi connectivity index (χ1n) is 8.74. The number of allylic oxidation sites excluding steroid dienone is 1. The fourth-order valence-corrected chi connectivity index (χ4v) is 3.92. The van der Waals surface area contributed by atoms with Crippen molar-refractivity contribution in [2.24, 2.45) is 4.99 Å². The number of hydrogen-bond donors (Lipinski definition) is 1. The van der Waals surface area contributed by atoms with Gasteiger partial charge in [-0.3, -0.25) is 15.2 Å². The number of halogens is 1. The standard InChI is InChI=1S/C19H14ClN7OS/c1-11-9-14(16-12(20)5-4-8-21-16)23-17(27(11)19-26-22-10-29-19)25-18-24-13-6-2-3-7-15(13)28-18/h2-10,14H,1H3,(H,23,24,25). The zero-order valence-electron chi connectivity index (χ0n) is 15.2. The van der Waals surface area contributed by atoms with Gasteiger partial charge in [-0.15, -0.1) is 10.2 Å². The topological polar surface area (TPSA) is 92.3 Å². The number of rotatable bonds is 3. The van der Waals surface area contributed by atoms with Crippen LogP contribution in [0.25, 0.3) is 11.1 Å². The molecular formula is C19H14ClN7OS. The molecule has 1 aliphatic rings. The number of fused-ring (bicyclic) bond motifs is 1. The lowest BCUT2D eigenvalue weighted by Gasteiger charge is -2.29. The number of hydrogen-bond acceptors (Lipinski definition) is 9. The van der Waals surface area contributed by atoms with E-state index in [0.717, 1.165) is 11.2 Å². The van der Waals surface area contributed by atoms with Gasteiger partial charge in [0.1, 0.15) is 17.1 Å². The van der Waals surface area contributed by atoms with Crippen LogP contribution in [0.3, 0.4) is 0 Å². The molecule has 1 aromatic carbocycles. The Labute approximate surface area is 174 Å². The molecule has 1 unspecified atom stereocenters. The van der Waals surface area contributed by atoms with Crippen molar-refractivity contribution in [2.75, 3.05) is 10.2 Å². The van der Waals surface area contributed by atoms with Gasteiger partial charge in [-0.1, -0.05) is 35.1 Å². The second-order valence-corrected chi connectivity index (χ2v) is 7.46. The molecule has 0 fully saturated rings. The van der Waals surface area contributed by atoms with Crippen LogP contribution in [0, 0.1) is 0 Å². The third-order valence-corrected chi connectivity index (χ3v) is 5.34. The Morgan fingerprint density at radius 3 is 2.90 bits per heavy atom. The van der Waals surface area contributed by atoms with Crippen molar-refractivity contribution >= 4 is 51.1 Å². The van der Waals surface area contributed by atoms with Gasteiger partial charge in [0, 0.05) is 11.9 Å². The van der Waals surface area contributed by atoms with Crippen LogP contribution in [0.5, 0.6) is 0 Å². The minimum atomic E-state index is -0.361.